The molecule has 0 spiro atoms. The van der Waals surface area contributed by atoms with E-state index in [9.17, 15) is 4.79 Å². The first-order chi connectivity index (χ1) is 9.10. The third-order valence-electron chi connectivity index (χ3n) is 3.80. The van der Waals surface area contributed by atoms with E-state index in [1.54, 1.807) is 4.90 Å². The molecule has 0 aliphatic heterocycles. The SMILES string of the molecule is Cc1cc(C(=O)N(C)CC(C)(C)CN)c(C)n1C(C)C. The molecule has 0 aromatic carbocycles. The number of carbonyl (C=O) groups excluding carboxylic acids is 1. The lowest BCUT2D eigenvalue weighted by molar-refractivity contribution is 0.0739. The molecule has 0 radical (unpaired) electrons. The van der Waals surface area contributed by atoms with Gasteiger partial charge in [-0.15, -0.1) is 0 Å². The average molecular weight is 279 g/mol. The number of rotatable bonds is 5. The normalized spacial score (nSPS) is 12.1. The van der Waals surface area contributed by atoms with Crippen molar-refractivity contribution in [2.24, 2.45) is 11.1 Å². The Morgan fingerprint density at radius 2 is 1.95 bits per heavy atom. The summed E-state index contributed by atoms with van der Waals surface area (Å²) in [5.41, 5.74) is 8.66. The van der Waals surface area contributed by atoms with E-state index in [-0.39, 0.29) is 11.3 Å². The van der Waals surface area contributed by atoms with Gasteiger partial charge in [-0.25, -0.2) is 0 Å². The van der Waals surface area contributed by atoms with E-state index in [1.165, 1.54) is 0 Å². The monoisotopic (exact) mass is 279 g/mol. The van der Waals surface area contributed by atoms with Gasteiger partial charge in [-0.3, -0.25) is 4.79 Å². The van der Waals surface area contributed by atoms with Crippen LogP contribution >= 0.6 is 0 Å². The number of aromatic nitrogens is 1. The summed E-state index contributed by atoms with van der Waals surface area (Å²) >= 11 is 0. The molecule has 1 heterocycles. The molecule has 20 heavy (non-hydrogen) atoms. The van der Waals surface area contributed by atoms with E-state index in [4.69, 9.17) is 5.73 Å². The zero-order chi connectivity index (χ0) is 15.7. The standard InChI is InChI=1S/C16H29N3O/c1-11(2)19-12(3)8-14(13(19)4)15(20)18(7)10-16(5,6)9-17/h8,11H,9-10,17H2,1-7H3. The molecule has 1 amide bonds. The third-order valence-corrected chi connectivity index (χ3v) is 3.80. The summed E-state index contributed by atoms with van der Waals surface area (Å²) in [6.07, 6.45) is 0. The molecule has 1 aromatic rings. The summed E-state index contributed by atoms with van der Waals surface area (Å²) in [5, 5.41) is 0. The Kier molecular flexibility index (Phi) is 5.03. The fourth-order valence-corrected chi connectivity index (χ4v) is 2.77. The van der Waals surface area contributed by atoms with Crippen LogP contribution in [0.2, 0.25) is 0 Å². The highest BCUT2D eigenvalue weighted by Crippen LogP contribution is 2.22. The number of nitrogens with two attached hydrogens (primary N) is 1. The van der Waals surface area contributed by atoms with Crippen molar-refractivity contribution < 1.29 is 4.79 Å². The van der Waals surface area contributed by atoms with Gasteiger partial charge in [0, 0.05) is 31.0 Å². The summed E-state index contributed by atoms with van der Waals surface area (Å²) in [5.74, 6) is 0.0755. The van der Waals surface area contributed by atoms with Crippen molar-refractivity contribution in [2.75, 3.05) is 20.1 Å². The third kappa shape index (κ3) is 3.42. The number of hydrogen-bond acceptors (Lipinski definition) is 2. The van der Waals surface area contributed by atoms with Crippen LogP contribution in [-0.2, 0) is 0 Å². The summed E-state index contributed by atoms with van der Waals surface area (Å²) in [4.78, 5) is 14.4. The van der Waals surface area contributed by atoms with Crippen LogP contribution in [0.1, 0.15) is 55.5 Å². The Balaban J connectivity index is 3.02. The molecule has 4 heteroatoms. The van der Waals surface area contributed by atoms with Crippen molar-refractivity contribution in [2.45, 2.75) is 47.6 Å². The molecular weight excluding hydrogens is 250 g/mol. The average Bonchev–Trinajstić information content (AvgIpc) is 2.63. The van der Waals surface area contributed by atoms with Crippen LogP contribution in [0.4, 0.5) is 0 Å². The number of amides is 1. The minimum Gasteiger partial charge on any atom is -0.346 e. The van der Waals surface area contributed by atoms with Crippen molar-refractivity contribution in [1.29, 1.82) is 0 Å². The van der Waals surface area contributed by atoms with Gasteiger partial charge in [-0.05, 0) is 45.7 Å². The summed E-state index contributed by atoms with van der Waals surface area (Å²) in [7, 11) is 1.85. The molecule has 2 N–H and O–H groups in total. The predicted molar refractivity (Wildman–Crippen MR) is 84.1 cm³/mol. The van der Waals surface area contributed by atoms with E-state index in [1.807, 2.05) is 27.0 Å². The molecule has 0 aliphatic carbocycles. The molecule has 1 aromatic heterocycles. The van der Waals surface area contributed by atoms with Gasteiger partial charge in [0.2, 0.25) is 0 Å². The first-order valence-corrected chi connectivity index (χ1v) is 7.24. The van der Waals surface area contributed by atoms with Gasteiger partial charge in [-0.1, -0.05) is 13.8 Å². The van der Waals surface area contributed by atoms with Gasteiger partial charge in [-0.2, -0.15) is 0 Å². The highest BCUT2D eigenvalue weighted by molar-refractivity contribution is 5.95. The molecule has 0 aliphatic rings. The Labute approximate surface area is 122 Å². The Bertz CT molecular complexity index is 486. The highest BCUT2D eigenvalue weighted by atomic mass is 16.2. The molecule has 0 fully saturated rings. The topological polar surface area (TPSA) is 51.3 Å². The number of nitrogens with zero attached hydrogens (tertiary/aromatic N) is 2. The van der Waals surface area contributed by atoms with Gasteiger partial charge in [0.25, 0.3) is 5.91 Å². The first-order valence-electron chi connectivity index (χ1n) is 7.24. The lowest BCUT2D eigenvalue weighted by Gasteiger charge is -2.29. The van der Waals surface area contributed by atoms with Crippen LogP contribution in [0.3, 0.4) is 0 Å². The van der Waals surface area contributed by atoms with E-state index in [2.05, 4.69) is 32.3 Å². The number of aryl methyl sites for hydroxylation is 1. The zero-order valence-corrected chi connectivity index (χ0v) is 13.9. The Morgan fingerprint density at radius 3 is 2.35 bits per heavy atom. The van der Waals surface area contributed by atoms with Gasteiger partial charge in [0.15, 0.2) is 0 Å². The van der Waals surface area contributed by atoms with Crippen molar-refractivity contribution in [3.63, 3.8) is 0 Å². The molecule has 0 unspecified atom stereocenters. The van der Waals surface area contributed by atoms with E-state index in [0.717, 1.165) is 17.0 Å². The molecule has 4 nitrogen and oxygen atoms in total. The van der Waals surface area contributed by atoms with Crippen molar-refractivity contribution in [3.8, 4) is 0 Å². The molecule has 0 saturated carbocycles. The van der Waals surface area contributed by atoms with E-state index < -0.39 is 0 Å². The van der Waals surface area contributed by atoms with E-state index in [0.29, 0.717) is 19.1 Å². The number of carbonyl (C=O) groups is 1. The maximum Gasteiger partial charge on any atom is 0.255 e. The lowest BCUT2D eigenvalue weighted by Crippen LogP contribution is -2.39. The quantitative estimate of drug-likeness (QED) is 0.901. The fourth-order valence-electron chi connectivity index (χ4n) is 2.77. The molecule has 0 atom stereocenters. The van der Waals surface area contributed by atoms with Gasteiger partial charge in [0.05, 0.1) is 5.56 Å². The van der Waals surface area contributed by atoms with Gasteiger partial charge >= 0.3 is 0 Å². The molecule has 0 bridgehead atoms. The fraction of sp³-hybridized carbons (Fsp3) is 0.688. The first kappa shape index (κ1) is 16.8. The minimum absolute atomic E-state index is 0.0615. The summed E-state index contributed by atoms with van der Waals surface area (Å²) in [6.45, 7) is 13.7. The smallest absolute Gasteiger partial charge is 0.255 e. The summed E-state index contributed by atoms with van der Waals surface area (Å²) < 4.78 is 2.20. The van der Waals surface area contributed by atoms with Crippen LogP contribution < -0.4 is 5.73 Å². The Hall–Kier alpha value is -1.29. The minimum atomic E-state index is -0.0615. The largest absolute Gasteiger partial charge is 0.346 e. The lowest BCUT2D eigenvalue weighted by atomic mass is 9.93. The van der Waals surface area contributed by atoms with Crippen LogP contribution in [0.25, 0.3) is 0 Å². The van der Waals surface area contributed by atoms with Crippen LogP contribution in [-0.4, -0.2) is 35.5 Å². The second kappa shape index (κ2) is 6.00. The van der Waals surface area contributed by atoms with Crippen LogP contribution in [0, 0.1) is 19.3 Å². The molecule has 1 rings (SSSR count). The predicted octanol–water partition coefficient (Wildman–Crippen LogP) is 2.74. The van der Waals surface area contributed by atoms with Crippen molar-refractivity contribution in [1.82, 2.24) is 9.47 Å². The molecule has 114 valence electrons. The zero-order valence-electron chi connectivity index (χ0n) is 13.9. The number of hydrogen-bond donors (Lipinski definition) is 1. The van der Waals surface area contributed by atoms with Gasteiger partial charge in [0.1, 0.15) is 0 Å². The summed E-state index contributed by atoms with van der Waals surface area (Å²) in [6, 6.07) is 2.35. The second-order valence-electron chi connectivity index (χ2n) is 6.78. The maximum atomic E-state index is 12.6. The highest BCUT2D eigenvalue weighted by Gasteiger charge is 2.24. The van der Waals surface area contributed by atoms with Crippen LogP contribution in [0.5, 0.6) is 0 Å². The van der Waals surface area contributed by atoms with Crippen LogP contribution in [0.15, 0.2) is 6.07 Å². The van der Waals surface area contributed by atoms with Crippen molar-refractivity contribution >= 4 is 5.91 Å². The van der Waals surface area contributed by atoms with E-state index >= 15 is 0 Å². The van der Waals surface area contributed by atoms with Gasteiger partial charge < -0.3 is 15.2 Å². The van der Waals surface area contributed by atoms with Crippen molar-refractivity contribution in [3.05, 3.63) is 23.0 Å². The molecular formula is C16H29N3O. The second-order valence-corrected chi connectivity index (χ2v) is 6.78. The molecule has 0 saturated heterocycles. The maximum absolute atomic E-state index is 12.6. The Morgan fingerprint density at radius 1 is 1.40 bits per heavy atom.